The van der Waals surface area contributed by atoms with Gasteiger partial charge in [0.05, 0.1) is 11.6 Å². The van der Waals surface area contributed by atoms with Gasteiger partial charge in [-0.25, -0.2) is 15.0 Å². The number of anilines is 2. The fourth-order valence-corrected chi connectivity index (χ4v) is 2.61. The summed E-state index contributed by atoms with van der Waals surface area (Å²) in [5.41, 5.74) is 0. The van der Waals surface area contributed by atoms with Crippen molar-refractivity contribution in [3.63, 3.8) is 0 Å². The third kappa shape index (κ3) is 3.01. The maximum atomic E-state index is 4.59. The second-order valence-electron chi connectivity index (χ2n) is 4.72. The summed E-state index contributed by atoms with van der Waals surface area (Å²) in [4.78, 5) is 14.6. The molecule has 1 saturated carbocycles. The minimum absolute atomic E-state index is 0.555. The molecule has 0 unspecified atom stereocenters. The molecule has 2 aromatic heterocycles. The van der Waals surface area contributed by atoms with E-state index in [0.717, 1.165) is 29.0 Å². The third-order valence-corrected chi connectivity index (χ3v) is 3.97. The first-order valence-corrected chi connectivity index (χ1v) is 7.28. The fourth-order valence-electron chi connectivity index (χ4n) is 1.87. The van der Waals surface area contributed by atoms with Gasteiger partial charge in [-0.05, 0) is 19.8 Å². The average molecular weight is 275 g/mol. The number of aromatic nitrogens is 3. The molecule has 0 atom stereocenters. The van der Waals surface area contributed by atoms with Gasteiger partial charge in [-0.3, -0.25) is 0 Å². The van der Waals surface area contributed by atoms with Gasteiger partial charge < -0.3 is 10.6 Å². The lowest BCUT2D eigenvalue weighted by molar-refractivity contribution is 0.924. The van der Waals surface area contributed by atoms with Crippen molar-refractivity contribution in [2.24, 2.45) is 0 Å². The Bertz CT molecular complexity index is 576. The number of nitrogens with one attached hydrogen (secondary N) is 2. The van der Waals surface area contributed by atoms with Crippen molar-refractivity contribution >= 4 is 23.0 Å². The molecule has 0 bridgehead atoms. The maximum absolute atomic E-state index is 4.59. The smallest absolute Gasteiger partial charge is 0.136 e. The van der Waals surface area contributed by atoms with Crippen LogP contribution in [0.5, 0.6) is 0 Å². The monoisotopic (exact) mass is 275 g/mol. The standard InChI is InChI=1S/C13H17N5S/c1-8-15-6-10(19-8)7-16-12-5-11(14-2)17-13(18-12)9-3-4-9/h5-6,9H,3-4,7H2,1-2H3,(H2,14,16,17,18). The minimum atomic E-state index is 0.555. The molecule has 0 spiro atoms. The van der Waals surface area contributed by atoms with Crippen LogP contribution in [-0.4, -0.2) is 22.0 Å². The first-order valence-electron chi connectivity index (χ1n) is 6.46. The van der Waals surface area contributed by atoms with Crippen LogP contribution >= 0.6 is 11.3 Å². The van der Waals surface area contributed by atoms with Gasteiger partial charge in [0.2, 0.25) is 0 Å². The Morgan fingerprint density at radius 2 is 2.11 bits per heavy atom. The second kappa shape index (κ2) is 5.13. The van der Waals surface area contributed by atoms with Gasteiger partial charge in [0.1, 0.15) is 17.5 Å². The van der Waals surface area contributed by atoms with E-state index in [1.807, 2.05) is 26.2 Å². The molecule has 3 rings (SSSR count). The van der Waals surface area contributed by atoms with Gasteiger partial charge in [-0.1, -0.05) is 0 Å². The lowest BCUT2D eigenvalue weighted by atomic mass is 10.3. The van der Waals surface area contributed by atoms with Crippen molar-refractivity contribution in [1.82, 2.24) is 15.0 Å². The van der Waals surface area contributed by atoms with E-state index in [-0.39, 0.29) is 0 Å². The highest BCUT2D eigenvalue weighted by Gasteiger charge is 2.27. The van der Waals surface area contributed by atoms with E-state index in [2.05, 4.69) is 25.6 Å². The Morgan fingerprint density at radius 3 is 2.74 bits per heavy atom. The molecule has 0 amide bonds. The van der Waals surface area contributed by atoms with E-state index in [1.54, 1.807) is 11.3 Å². The summed E-state index contributed by atoms with van der Waals surface area (Å²) in [6.45, 7) is 2.78. The number of hydrogen-bond acceptors (Lipinski definition) is 6. The van der Waals surface area contributed by atoms with Gasteiger partial charge in [0.25, 0.3) is 0 Å². The van der Waals surface area contributed by atoms with Gasteiger partial charge in [-0.2, -0.15) is 0 Å². The highest BCUT2D eigenvalue weighted by Crippen LogP contribution is 2.38. The summed E-state index contributed by atoms with van der Waals surface area (Å²) in [7, 11) is 1.88. The zero-order chi connectivity index (χ0) is 13.2. The van der Waals surface area contributed by atoms with Crippen molar-refractivity contribution in [2.75, 3.05) is 17.7 Å². The molecule has 5 nitrogen and oxygen atoms in total. The molecule has 6 heteroatoms. The normalized spacial score (nSPS) is 14.4. The molecule has 2 aromatic rings. The number of nitrogens with zero attached hydrogens (tertiary/aromatic N) is 3. The molecule has 0 saturated heterocycles. The van der Waals surface area contributed by atoms with E-state index in [9.17, 15) is 0 Å². The SMILES string of the molecule is CNc1cc(NCc2cnc(C)s2)nc(C2CC2)n1. The molecule has 1 fully saturated rings. The summed E-state index contributed by atoms with van der Waals surface area (Å²) in [6, 6.07) is 1.94. The third-order valence-electron chi connectivity index (χ3n) is 3.05. The van der Waals surface area contributed by atoms with Crippen molar-refractivity contribution in [2.45, 2.75) is 32.2 Å². The lowest BCUT2D eigenvalue weighted by Crippen LogP contribution is -2.05. The predicted octanol–water partition coefficient (Wildman–Crippen LogP) is 2.77. The Labute approximate surface area is 116 Å². The van der Waals surface area contributed by atoms with E-state index >= 15 is 0 Å². The summed E-state index contributed by atoms with van der Waals surface area (Å²) in [6.07, 6.45) is 4.33. The molecule has 1 aliphatic carbocycles. The summed E-state index contributed by atoms with van der Waals surface area (Å²) < 4.78 is 0. The van der Waals surface area contributed by atoms with Crippen LogP contribution in [0.4, 0.5) is 11.6 Å². The first-order chi connectivity index (χ1) is 9.24. The van der Waals surface area contributed by atoms with Crippen molar-refractivity contribution in [3.05, 3.63) is 28.0 Å². The van der Waals surface area contributed by atoms with Crippen LogP contribution in [0.3, 0.4) is 0 Å². The van der Waals surface area contributed by atoms with Crippen molar-refractivity contribution in [3.8, 4) is 0 Å². The molecule has 0 aromatic carbocycles. The van der Waals surface area contributed by atoms with E-state index in [4.69, 9.17) is 0 Å². The lowest BCUT2D eigenvalue weighted by Gasteiger charge is -2.08. The van der Waals surface area contributed by atoms with E-state index < -0.39 is 0 Å². The number of hydrogen-bond donors (Lipinski definition) is 2. The van der Waals surface area contributed by atoms with Crippen LogP contribution < -0.4 is 10.6 Å². The predicted molar refractivity (Wildman–Crippen MR) is 77.7 cm³/mol. The molecular formula is C13H17N5S. The van der Waals surface area contributed by atoms with Gasteiger partial charge in [-0.15, -0.1) is 11.3 Å². The highest BCUT2D eigenvalue weighted by molar-refractivity contribution is 7.11. The first kappa shape index (κ1) is 12.3. The van der Waals surface area contributed by atoms with Crippen LogP contribution in [-0.2, 0) is 6.54 Å². The quantitative estimate of drug-likeness (QED) is 0.878. The Balaban J connectivity index is 1.74. The van der Waals surface area contributed by atoms with Crippen molar-refractivity contribution < 1.29 is 0 Å². The molecule has 0 aliphatic heterocycles. The van der Waals surface area contributed by atoms with Crippen LogP contribution in [0.2, 0.25) is 0 Å². The number of thiazole rings is 1. The summed E-state index contributed by atoms with van der Waals surface area (Å²) in [5, 5.41) is 7.53. The summed E-state index contributed by atoms with van der Waals surface area (Å²) >= 11 is 1.71. The molecule has 1 aliphatic rings. The van der Waals surface area contributed by atoms with Gasteiger partial charge >= 0.3 is 0 Å². The maximum Gasteiger partial charge on any atom is 0.136 e. The van der Waals surface area contributed by atoms with Crippen LogP contribution in [0.25, 0.3) is 0 Å². The number of rotatable bonds is 5. The molecule has 19 heavy (non-hydrogen) atoms. The largest absolute Gasteiger partial charge is 0.373 e. The Hall–Kier alpha value is -1.69. The van der Waals surface area contributed by atoms with E-state index in [1.165, 1.54) is 17.7 Å². The Morgan fingerprint density at radius 1 is 1.32 bits per heavy atom. The zero-order valence-corrected chi connectivity index (χ0v) is 11.9. The molecular weight excluding hydrogens is 258 g/mol. The van der Waals surface area contributed by atoms with Crippen LogP contribution in [0.15, 0.2) is 12.3 Å². The second-order valence-corrected chi connectivity index (χ2v) is 6.04. The highest BCUT2D eigenvalue weighted by atomic mass is 32.1. The minimum Gasteiger partial charge on any atom is -0.373 e. The molecule has 2 heterocycles. The summed E-state index contributed by atoms with van der Waals surface area (Å²) in [5.74, 6) is 3.27. The molecule has 0 radical (unpaired) electrons. The van der Waals surface area contributed by atoms with Gasteiger partial charge in [0, 0.05) is 30.1 Å². The number of aryl methyl sites for hydroxylation is 1. The Kier molecular flexibility index (Phi) is 3.33. The van der Waals surface area contributed by atoms with E-state index in [0.29, 0.717) is 5.92 Å². The van der Waals surface area contributed by atoms with Crippen molar-refractivity contribution in [1.29, 1.82) is 0 Å². The topological polar surface area (TPSA) is 62.7 Å². The van der Waals surface area contributed by atoms with Crippen LogP contribution in [0, 0.1) is 6.92 Å². The fraction of sp³-hybridized carbons (Fsp3) is 0.462. The molecule has 2 N–H and O–H groups in total. The van der Waals surface area contributed by atoms with Crippen LogP contribution in [0.1, 0.15) is 34.5 Å². The van der Waals surface area contributed by atoms with Gasteiger partial charge in [0.15, 0.2) is 0 Å². The zero-order valence-electron chi connectivity index (χ0n) is 11.1. The average Bonchev–Trinajstić information content (AvgIpc) is 3.19. The molecule has 100 valence electrons.